The Kier molecular flexibility index (Phi) is 6.10. The maximum atomic E-state index is 5.26. The molecule has 4 nitrogen and oxygen atoms in total. The van der Waals surface area contributed by atoms with Crippen LogP contribution in [0.5, 0.6) is 11.5 Å². The molecular formula is C23H24N2O2. The van der Waals surface area contributed by atoms with Crippen molar-refractivity contribution in [2.24, 2.45) is 0 Å². The summed E-state index contributed by atoms with van der Waals surface area (Å²) in [6.07, 6.45) is 3.66. The van der Waals surface area contributed by atoms with Crippen LogP contribution in [0, 0.1) is 0 Å². The van der Waals surface area contributed by atoms with E-state index in [0.717, 1.165) is 36.0 Å². The molecule has 3 rings (SSSR count). The highest BCUT2D eigenvalue weighted by Crippen LogP contribution is 2.24. The fourth-order valence-corrected chi connectivity index (χ4v) is 2.94. The van der Waals surface area contributed by atoms with Gasteiger partial charge in [0, 0.05) is 24.8 Å². The maximum absolute atomic E-state index is 5.26. The molecule has 0 radical (unpaired) electrons. The standard InChI is InChI=1S/C23H24N2O2/c1-4-20-6-5-15-24-23(20)25(16-18-7-11-21(26-2)12-8-18)17-19-9-13-22(27-3)14-10-19/h4-15H,1,16-17H2,2-3H3. The Morgan fingerprint density at radius 3 is 1.81 bits per heavy atom. The lowest BCUT2D eigenvalue weighted by molar-refractivity contribution is 0.414. The van der Waals surface area contributed by atoms with Gasteiger partial charge in [-0.2, -0.15) is 0 Å². The largest absolute Gasteiger partial charge is 0.497 e. The van der Waals surface area contributed by atoms with Crippen molar-refractivity contribution in [3.63, 3.8) is 0 Å². The van der Waals surface area contributed by atoms with E-state index in [2.05, 4.69) is 40.7 Å². The Morgan fingerprint density at radius 2 is 1.37 bits per heavy atom. The number of benzene rings is 2. The second-order valence-electron chi connectivity index (χ2n) is 6.17. The van der Waals surface area contributed by atoms with E-state index >= 15 is 0 Å². The van der Waals surface area contributed by atoms with Gasteiger partial charge in [-0.15, -0.1) is 0 Å². The van der Waals surface area contributed by atoms with Gasteiger partial charge in [0.1, 0.15) is 17.3 Å². The predicted octanol–water partition coefficient (Wildman–Crippen LogP) is 4.95. The maximum Gasteiger partial charge on any atom is 0.136 e. The zero-order chi connectivity index (χ0) is 19.1. The van der Waals surface area contributed by atoms with Gasteiger partial charge in [-0.3, -0.25) is 0 Å². The molecule has 1 heterocycles. The Morgan fingerprint density at radius 1 is 0.852 bits per heavy atom. The van der Waals surface area contributed by atoms with E-state index in [1.165, 1.54) is 11.1 Å². The van der Waals surface area contributed by atoms with Gasteiger partial charge in [0.2, 0.25) is 0 Å². The molecule has 0 aliphatic carbocycles. The van der Waals surface area contributed by atoms with Crippen molar-refractivity contribution in [3.05, 3.63) is 90.1 Å². The summed E-state index contributed by atoms with van der Waals surface area (Å²) < 4.78 is 10.5. The molecule has 0 N–H and O–H groups in total. The normalized spacial score (nSPS) is 10.3. The van der Waals surface area contributed by atoms with Gasteiger partial charge in [0.05, 0.1) is 14.2 Å². The second-order valence-corrected chi connectivity index (χ2v) is 6.17. The fraction of sp³-hybridized carbons (Fsp3) is 0.174. The number of methoxy groups -OCH3 is 2. The van der Waals surface area contributed by atoms with Crippen molar-refractivity contribution in [1.82, 2.24) is 4.98 Å². The summed E-state index contributed by atoms with van der Waals surface area (Å²) in [7, 11) is 3.35. The summed E-state index contributed by atoms with van der Waals surface area (Å²) in [6.45, 7) is 5.39. The number of ether oxygens (including phenoxy) is 2. The molecule has 0 saturated carbocycles. The molecule has 3 aromatic rings. The van der Waals surface area contributed by atoms with Crippen LogP contribution in [-0.2, 0) is 13.1 Å². The molecule has 1 aromatic heterocycles. The third kappa shape index (κ3) is 4.67. The van der Waals surface area contributed by atoms with Crippen LogP contribution in [0.1, 0.15) is 16.7 Å². The van der Waals surface area contributed by atoms with E-state index in [1.807, 2.05) is 48.7 Å². The summed E-state index contributed by atoms with van der Waals surface area (Å²) in [6, 6.07) is 20.2. The molecule has 0 saturated heterocycles. The second kappa shape index (κ2) is 8.90. The number of hydrogen-bond donors (Lipinski definition) is 0. The van der Waals surface area contributed by atoms with Crippen LogP contribution in [0.4, 0.5) is 5.82 Å². The van der Waals surface area contributed by atoms with Gasteiger partial charge in [0.25, 0.3) is 0 Å². The van der Waals surface area contributed by atoms with Gasteiger partial charge < -0.3 is 14.4 Å². The van der Waals surface area contributed by atoms with Crippen LogP contribution < -0.4 is 14.4 Å². The van der Waals surface area contributed by atoms with Crippen molar-refractivity contribution in [3.8, 4) is 11.5 Å². The van der Waals surface area contributed by atoms with Crippen LogP contribution in [0.2, 0.25) is 0 Å². The Bertz CT molecular complexity index is 824. The van der Waals surface area contributed by atoms with E-state index in [9.17, 15) is 0 Å². The highest BCUT2D eigenvalue weighted by molar-refractivity contribution is 5.63. The first-order chi connectivity index (χ1) is 13.2. The number of pyridine rings is 1. The van der Waals surface area contributed by atoms with E-state index in [-0.39, 0.29) is 0 Å². The molecule has 0 aliphatic rings. The molecule has 0 unspecified atom stereocenters. The van der Waals surface area contributed by atoms with Crippen LogP contribution in [0.3, 0.4) is 0 Å². The first-order valence-electron chi connectivity index (χ1n) is 8.81. The fourth-order valence-electron chi connectivity index (χ4n) is 2.94. The van der Waals surface area contributed by atoms with Crippen molar-refractivity contribution < 1.29 is 9.47 Å². The summed E-state index contributed by atoms with van der Waals surface area (Å²) in [5.74, 6) is 2.62. The number of anilines is 1. The van der Waals surface area contributed by atoms with Crippen LogP contribution >= 0.6 is 0 Å². The minimum Gasteiger partial charge on any atom is -0.497 e. The number of hydrogen-bond acceptors (Lipinski definition) is 4. The molecule has 0 spiro atoms. The van der Waals surface area contributed by atoms with Crippen molar-refractivity contribution in [2.75, 3.05) is 19.1 Å². The zero-order valence-electron chi connectivity index (χ0n) is 15.8. The first kappa shape index (κ1) is 18.5. The lowest BCUT2D eigenvalue weighted by atomic mass is 10.1. The third-order valence-electron chi connectivity index (χ3n) is 4.40. The van der Waals surface area contributed by atoms with E-state index < -0.39 is 0 Å². The minimum atomic E-state index is 0.730. The topological polar surface area (TPSA) is 34.6 Å². The highest BCUT2D eigenvalue weighted by Gasteiger charge is 2.13. The average Bonchev–Trinajstić information content (AvgIpc) is 2.74. The van der Waals surface area contributed by atoms with Gasteiger partial charge in [-0.1, -0.05) is 36.9 Å². The monoisotopic (exact) mass is 360 g/mol. The van der Waals surface area contributed by atoms with Gasteiger partial charge in [-0.25, -0.2) is 4.98 Å². The van der Waals surface area contributed by atoms with Crippen LogP contribution in [0.15, 0.2) is 73.4 Å². The van der Waals surface area contributed by atoms with Crippen molar-refractivity contribution in [1.29, 1.82) is 0 Å². The summed E-state index contributed by atoms with van der Waals surface area (Å²) in [5, 5.41) is 0. The molecule has 27 heavy (non-hydrogen) atoms. The molecule has 0 fully saturated rings. The van der Waals surface area contributed by atoms with Gasteiger partial charge >= 0.3 is 0 Å². The number of nitrogens with zero attached hydrogens (tertiary/aromatic N) is 2. The zero-order valence-corrected chi connectivity index (χ0v) is 15.8. The van der Waals surface area contributed by atoms with E-state index in [1.54, 1.807) is 14.2 Å². The molecule has 0 atom stereocenters. The minimum absolute atomic E-state index is 0.730. The number of aromatic nitrogens is 1. The quantitative estimate of drug-likeness (QED) is 0.569. The van der Waals surface area contributed by atoms with Crippen molar-refractivity contribution in [2.45, 2.75) is 13.1 Å². The molecule has 2 aromatic carbocycles. The SMILES string of the molecule is C=Cc1cccnc1N(Cc1ccc(OC)cc1)Cc1ccc(OC)cc1. The Hall–Kier alpha value is -3.27. The van der Waals surface area contributed by atoms with Gasteiger partial charge in [-0.05, 0) is 47.5 Å². The summed E-state index contributed by atoms with van der Waals surface area (Å²) in [4.78, 5) is 6.87. The molecule has 138 valence electrons. The van der Waals surface area contributed by atoms with Crippen LogP contribution in [0.25, 0.3) is 6.08 Å². The molecule has 0 aliphatic heterocycles. The van der Waals surface area contributed by atoms with Crippen LogP contribution in [-0.4, -0.2) is 19.2 Å². The molecule has 0 amide bonds. The van der Waals surface area contributed by atoms with E-state index in [4.69, 9.17) is 9.47 Å². The molecular weight excluding hydrogens is 336 g/mol. The van der Waals surface area contributed by atoms with Crippen molar-refractivity contribution >= 4 is 11.9 Å². The number of rotatable bonds is 8. The smallest absolute Gasteiger partial charge is 0.136 e. The predicted molar refractivity (Wildman–Crippen MR) is 110 cm³/mol. The Balaban J connectivity index is 1.90. The first-order valence-corrected chi connectivity index (χ1v) is 8.81. The van der Waals surface area contributed by atoms with Gasteiger partial charge in [0.15, 0.2) is 0 Å². The molecule has 4 heteroatoms. The highest BCUT2D eigenvalue weighted by atomic mass is 16.5. The lowest BCUT2D eigenvalue weighted by Gasteiger charge is -2.26. The third-order valence-corrected chi connectivity index (χ3v) is 4.40. The van der Waals surface area contributed by atoms with E-state index in [0.29, 0.717) is 0 Å². The lowest BCUT2D eigenvalue weighted by Crippen LogP contribution is -2.24. The average molecular weight is 360 g/mol. The Labute approximate surface area is 160 Å². The summed E-state index contributed by atoms with van der Waals surface area (Å²) >= 11 is 0. The summed E-state index contributed by atoms with van der Waals surface area (Å²) in [5.41, 5.74) is 3.38. The molecule has 0 bridgehead atoms.